The van der Waals surface area contributed by atoms with Gasteiger partial charge >= 0.3 is 6.09 Å². The molecule has 122 valence electrons. The van der Waals surface area contributed by atoms with Crippen LogP contribution >= 0.6 is 0 Å². The standard InChI is InChI=1S/C16H30N2O3/c1-13-8-9-14(20-13)12-18(5)11-7-6-10-17-15(19)21-16(2,3)4/h6-7,13-14H,8-12H2,1-5H3,(H,17,19)/b7-6-. The Kier molecular flexibility index (Phi) is 7.18. The molecule has 0 radical (unpaired) electrons. The molecule has 1 saturated heterocycles. The summed E-state index contributed by atoms with van der Waals surface area (Å²) in [4.78, 5) is 13.7. The van der Waals surface area contributed by atoms with Crippen LogP contribution in [0.4, 0.5) is 4.79 Å². The molecule has 0 bridgehead atoms. The number of carbonyl (C=O) groups excluding carboxylic acids is 1. The van der Waals surface area contributed by atoms with Gasteiger partial charge in [-0.3, -0.25) is 0 Å². The maximum Gasteiger partial charge on any atom is 0.407 e. The highest BCUT2D eigenvalue weighted by Gasteiger charge is 2.22. The SMILES string of the molecule is CC1CCC(CN(C)C/C=C\CNC(=O)OC(C)(C)C)O1. The lowest BCUT2D eigenvalue weighted by atomic mass is 10.2. The maximum absolute atomic E-state index is 11.4. The lowest BCUT2D eigenvalue weighted by Crippen LogP contribution is -2.32. The van der Waals surface area contributed by atoms with Gasteiger partial charge in [0.1, 0.15) is 5.60 Å². The highest BCUT2D eigenvalue weighted by atomic mass is 16.6. The minimum atomic E-state index is -0.452. The molecule has 1 aliphatic rings. The molecule has 0 aliphatic carbocycles. The summed E-state index contributed by atoms with van der Waals surface area (Å²) >= 11 is 0. The molecule has 5 nitrogen and oxygen atoms in total. The number of rotatable bonds is 6. The van der Waals surface area contributed by atoms with E-state index in [0.717, 1.165) is 25.9 Å². The van der Waals surface area contributed by atoms with E-state index in [0.29, 0.717) is 18.8 Å². The van der Waals surface area contributed by atoms with Crippen LogP contribution in [-0.4, -0.2) is 55.5 Å². The Labute approximate surface area is 128 Å². The van der Waals surface area contributed by atoms with E-state index in [4.69, 9.17) is 9.47 Å². The van der Waals surface area contributed by atoms with Crippen LogP contribution < -0.4 is 5.32 Å². The molecule has 0 saturated carbocycles. The molecule has 21 heavy (non-hydrogen) atoms. The number of ether oxygens (including phenoxy) is 2. The van der Waals surface area contributed by atoms with Crippen LogP contribution in [0, 0.1) is 0 Å². The normalized spacial score (nSPS) is 23.0. The first-order valence-electron chi connectivity index (χ1n) is 7.72. The predicted molar refractivity (Wildman–Crippen MR) is 84.4 cm³/mol. The third-order valence-corrected chi connectivity index (χ3v) is 3.18. The van der Waals surface area contributed by atoms with Gasteiger partial charge in [0.15, 0.2) is 0 Å². The van der Waals surface area contributed by atoms with Crippen LogP contribution in [0.1, 0.15) is 40.5 Å². The quantitative estimate of drug-likeness (QED) is 0.766. The summed E-state index contributed by atoms with van der Waals surface area (Å²) in [6.07, 6.45) is 6.68. The monoisotopic (exact) mass is 298 g/mol. The van der Waals surface area contributed by atoms with E-state index >= 15 is 0 Å². The van der Waals surface area contributed by atoms with Gasteiger partial charge in [-0.1, -0.05) is 12.2 Å². The number of nitrogens with one attached hydrogen (secondary N) is 1. The molecular weight excluding hydrogens is 268 g/mol. The van der Waals surface area contributed by atoms with Crippen molar-refractivity contribution >= 4 is 6.09 Å². The van der Waals surface area contributed by atoms with Gasteiger partial charge in [0.05, 0.1) is 12.2 Å². The topological polar surface area (TPSA) is 50.8 Å². The fourth-order valence-corrected chi connectivity index (χ4v) is 2.24. The molecule has 5 heteroatoms. The Balaban J connectivity index is 2.10. The lowest BCUT2D eigenvalue weighted by Gasteiger charge is -2.20. The van der Waals surface area contributed by atoms with Gasteiger partial charge in [-0.05, 0) is 47.6 Å². The molecule has 1 amide bonds. The first-order valence-corrected chi connectivity index (χ1v) is 7.72. The van der Waals surface area contributed by atoms with Gasteiger partial charge in [0.25, 0.3) is 0 Å². The fraction of sp³-hybridized carbons (Fsp3) is 0.812. The molecule has 2 unspecified atom stereocenters. The number of amides is 1. The predicted octanol–water partition coefficient (Wildman–Crippen LogP) is 2.57. The molecule has 1 fully saturated rings. The second-order valence-corrected chi connectivity index (χ2v) is 6.72. The van der Waals surface area contributed by atoms with Crippen LogP contribution in [0.2, 0.25) is 0 Å². The second-order valence-electron chi connectivity index (χ2n) is 6.72. The molecule has 0 aromatic heterocycles. The summed E-state index contributed by atoms with van der Waals surface area (Å²) in [6, 6.07) is 0. The average Bonchev–Trinajstić information content (AvgIpc) is 2.71. The molecule has 1 rings (SSSR count). The minimum Gasteiger partial charge on any atom is -0.444 e. The zero-order chi connectivity index (χ0) is 15.9. The van der Waals surface area contributed by atoms with E-state index < -0.39 is 5.60 Å². The first-order chi connectivity index (χ1) is 9.76. The Morgan fingerprint density at radius 2 is 2.10 bits per heavy atom. The highest BCUT2D eigenvalue weighted by molar-refractivity contribution is 5.67. The number of alkyl carbamates (subject to hydrolysis) is 1. The first kappa shape index (κ1) is 18.0. The summed E-state index contributed by atoms with van der Waals surface area (Å²) in [5.41, 5.74) is -0.452. The van der Waals surface area contributed by atoms with Crippen molar-refractivity contribution in [2.24, 2.45) is 0 Å². The third kappa shape index (κ3) is 8.73. The Morgan fingerprint density at radius 1 is 1.38 bits per heavy atom. The number of nitrogens with zero attached hydrogens (tertiary/aromatic N) is 1. The van der Waals surface area contributed by atoms with E-state index in [1.807, 2.05) is 26.8 Å². The van der Waals surface area contributed by atoms with Crippen LogP contribution in [0.25, 0.3) is 0 Å². The van der Waals surface area contributed by atoms with E-state index in [9.17, 15) is 4.79 Å². The lowest BCUT2D eigenvalue weighted by molar-refractivity contribution is 0.0384. The molecule has 0 spiro atoms. The summed E-state index contributed by atoms with van der Waals surface area (Å²) in [7, 11) is 2.08. The van der Waals surface area contributed by atoms with Crippen molar-refractivity contribution in [3.63, 3.8) is 0 Å². The molecular formula is C16H30N2O3. The van der Waals surface area contributed by atoms with E-state index in [2.05, 4.69) is 30.3 Å². The molecule has 1 N–H and O–H groups in total. The Morgan fingerprint density at radius 3 is 2.67 bits per heavy atom. The third-order valence-electron chi connectivity index (χ3n) is 3.18. The van der Waals surface area contributed by atoms with Gasteiger partial charge in [0, 0.05) is 19.6 Å². The van der Waals surface area contributed by atoms with Crippen molar-refractivity contribution in [2.75, 3.05) is 26.7 Å². The number of likely N-dealkylation sites (N-methyl/N-ethyl adjacent to an activating group) is 1. The smallest absolute Gasteiger partial charge is 0.407 e. The molecule has 0 aromatic rings. The second kappa shape index (κ2) is 8.39. The van der Waals surface area contributed by atoms with Crippen molar-refractivity contribution in [3.05, 3.63) is 12.2 Å². The van der Waals surface area contributed by atoms with Gasteiger partial charge in [-0.25, -0.2) is 4.79 Å². The number of hydrogen-bond acceptors (Lipinski definition) is 4. The van der Waals surface area contributed by atoms with Crippen molar-refractivity contribution in [1.82, 2.24) is 10.2 Å². The van der Waals surface area contributed by atoms with Crippen LogP contribution in [-0.2, 0) is 9.47 Å². The zero-order valence-electron chi connectivity index (χ0n) is 14.0. The van der Waals surface area contributed by atoms with Gasteiger partial charge < -0.3 is 19.7 Å². The summed E-state index contributed by atoms with van der Waals surface area (Å²) in [6.45, 7) is 9.97. The van der Waals surface area contributed by atoms with Gasteiger partial charge in [-0.2, -0.15) is 0 Å². The molecule has 2 atom stereocenters. The van der Waals surface area contributed by atoms with E-state index in [-0.39, 0.29) is 6.09 Å². The summed E-state index contributed by atoms with van der Waals surface area (Å²) in [5, 5.41) is 2.70. The Bertz CT molecular complexity index is 350. The van der Waals surface area contributed by atoms with Crippen molar-refractivity contribution in [3.8, 4) is 0 Å². The fourth-order valence-electron chi connectivity index (χ4n) is 2.24. The van der Waals surface area contributed by atoms with Crippen molar-refractivity contribution in [2.45, 2.75) is 58.3 Å². The number of hydrogen-bond donors (Lipinski definition) is 1. The maximum atomic E-state index is 11.4. The molecule has 0 aromatic carbocycles. The van der Waals surface area contributed by atoms with Crippen LogP contribution in [0.3, 0.4) is 0 Å². The summed E-state index contributed by atoms with van der Waals surface area (Å²) in [5.74, 6) is 0. The largest absolute Gasteiger partial charge is 0.444 e. The highest BCUT2D eigenvalue weighted by Crippen LogP contribution is 2.19. The summed E-state index contributed by atoms with van der Waals surface area (Å²) < 4.78 is 11.0. The number of carbonyl (C=O) groups is 1. The molecule has 1 aliphatic heterocycles. The van der Waals surface area contributed by atoms with Gasteiger partial charge in [0.2, 0.25) is 0 Å². The van der Waals surface area contributed by atoms with Crippen LogP contribution in [0.15, 0.2) is 12.2 Å². The minimum absolute atomic E-state index is 0.360. The van der Waals surface area contributed by atoms with Crippen molar-refractivity contribution in [1.29, 1.82) is 0 Å². The van der Waals surface area contributed by atoms with Crippen LogP contribution in [0.5, 0.6) is 0 Å². The zero-order valence-corrected chi connectivity index (χ0v) is 14.0. The average molecular weight is 298 g/mol. The Hall–Kier alpha value is -1.07. The van der Waals surface area contributed by atoms with E-state index in [1.54, 1.807) is 0 Å². The molecule has 1 heterocycles. The van der Waals surface area contributed by atoms with Crippen molar-refractivity contribution < 1.29 is 14.3 Å². The van der Waals surface area contributed by atoms with E-state index in [1.165, 1.54) is 0 Å². The van der Waals surface area contributed by atoms with Gasteiger partial charge in [-0.15, -0.1) is 0 Å².